The normalized spacial score (nSPS) is 14.2. The number of rotatable bonds is 6. The van der Waals surface area contributed by atoms with E-state index in [9.17, 15) is 20.1 Å². The van der Waals surface area contributed by atoms with Gasteiger partial charge in [-0.2, -0.15) is 0 Å². The van der Waals surface area contributed by atoms with Gasteiger partial charge in [-0.15, -0.1) is 0 Å². The molecule has 1 rings (SSSR count). The number of aliphatic carboxylic acids is 1. The quantitative estimate of drug-likeness (QED) is 0.478. The van der Waals surface area contributed by atoms with Crippen LogP contribution in [0.15, 0.2) is 18.2 Å². The monoisotopic (exact) mass is 255 g/mol. The molecule has 0 heterocycles. The zero-order valence-corrected chi connectivity index (χ0v) is 9.78. The number of carboxylic acid groups (broad SMARTS) is 1. The van der Waals surface area contributed by atoms with Crippen molar-refractivity contribution in [1.29, 1.82) is 0 Å². The maximum Gasteiger partial charge on any atom is 0.307 e. The van der Waals surface area contributed by atoms with E-state index in [1.807, 2.05) is 0 Å². The van der Waals surface area contributed by atoms with Gasteiger partial charge in [0.05, 0.1) is 12.5 Å². The van der Waals surface area contributed by atoms with Crippen molar-refractivity contribution in [3.63, 3.8) is 0 Å². The number of nitrogens with two attached hydrogens (primary N) is 1. The van der Waals surface area contributed by atoms with Crippen LogP contribution in [0.4, 0.5) is 0 Å². The molecule has 0 aromatic heterocycles. The molecule has 0 bridgehead atoms. The predicted octanol–water partition coefficient (Wildman–Crippen LogP) is -0.238. The van der Waals surface area contributed by atoms with Crippen molar-refractivity contribution in [3.8, 4) is 5.75 Å². The van der Waals surface area contributed by atoms with Crippen LogP contribution in [0.2, 0.25) is 0 Å². The third kappa shape index (κ3) is 3.69. The van der Waals surface area contributed by atoms with Gasteiger partial charge in [0.15, 0.2) is 0 Å². The summed E-state index contributed by atoms with van der Waals surface area (Å²) in [5.74, 6) is -1.20. The van der Waals surface area contributed by atoms with Crippen molar-refractivity contribution >= 4 is 5.97 Å². The SMILES string of the molecule is NCCC(O)C(O)c1cc(CC(=O)O)ccc1O. The maximum atomic E-state index is 10.6. The molecule has 0 saturated carbocycles. The summed E-state index contributed by atoms with van der Waals surface area (Å²) in [6.45, 7) is 0.202. The number of hydrogen-bond acceptors (Lipinski definition) is 5. The molecule has 6 heteroatoms. The third-order valence-corrected chi connectivity index (χ3v) is 2.59. The minimum absolute atomic E-state index is 0.106. The Hall–Kier alpha value is -1.63. The summed E-state index contributed by atoms with van der Waals surface area (Å²) in [4.78, 5) is 10.6. The second-order valence-electron chi connectivity index (χ2n) is 4.05. The number of carboxylic acids is 1. The molecule has 18 heavy (non-hydrogen) atoms. The zero-order chi connectivity index (χ0) is 13.7. The number of carbonyl (C=O) groups is 1. The Bertz CT molecular complexity index is 421. The fraction of sp³-hybridized carbons (Fsp3) is 0.417. The van der Waals surface area contributed by atoms with Crippen molar-refractivity contribution < 1.29 is 25.2 Å². The Balaban J connectivity index is 2.95. The highest BCUT2D eigenvalue weighted by Gasteiger charge is 2.21. The van der Waals surface area contributed by atoms with E-state index in [1.165, 1.54) is 18.2 Å². The van der Waals surface area contributed by atoms with Crippen molar-refractivity contribution in [1.82, 2.24) is 0 Å². The fourth-order valence-electron chi connectivity index (χ4n) is 1.66. The second kappa shape index (κ2) is 6.34. The smallest absolute Gasteiger partial charge is 0.307 e. The first-order chi connectivity index (χ1) is 8.45. The zero-order valence-electron chi connectivity index (χ0n) is 9.78. The molecular formula is C12H17NO5. The molecule has 6 N–H and O–H groups in total. The van der Waals surface area contributed by atoms with Gasteiger partial charge in [-0.25, -0.2) is 0 Å². The molecule has 2 unspecified atom stereocenters. The number of aromatic hydroxyl groups is 1. The van der Waals surface area contributed by atoms with Gasteiger partial charge in [-0.1, -0.05) is 6.07 Å². The lowest BCUT2D eigenvalue weighted by molar-refractivity contribution is -0.136. The lowest BCUT2D eigenvalue weighted by atomic mass is 9.98. The van der Waals surface area contributed by atoms with Crippen LogP contribution >= 0.6 is 0 Å². The van der Waals surface area contributed by atoms with Crippen molar-refractivity contribution in [2.45, 2.75) is 25.0 Å². The molecular weight excluding hydrogens is 238 g/mol. The standard InChI is InChI=1S/C12H17NO5/c13-4-3-10(15)12(18)8-5-7(6-11(16)17)1-2-9(8)14/h1-2,5,10,12,14-15,18H,3-4,6,13H2,(H,16,17). The Morgan fingerprint density at radius 3 is 2.56 bits per heavy atom. The molecule has 1 aromatic carbocycles. The van der Waals surface area contributed by atoms with Crippen LogP contribution in [0.5, 0.6) is 5.75 Å². The summed E-state index contributed by atoms with van der Waals surface area (Å²) in [7, 11) is 0. The van der Waals surface area contributed by atoms with Crippen LogP contribution in [0.25, 0.3) is 0 Å². The van der Waals surface area contributed by atoms with Crippen LogP contribution in [0.1, 0.15) is 23.7 Å². The van der Waals surface area contributed by atoms with Gasteiger partial charge in [-0.05, 0) is 30.7 Å². The highest BCUT2D eigenvalue weighted by Crippen LogP contribution is 2.28. The number of phenols is 1. The average Bonchev–Trinajstić information content (AvgIpc) is 2.30. The van der Waals surface area contributed by atoms with Crippen molar-refractivity contribution in [3.05, 3.63) is 29.3 Å². The molecule has 0 saturated heterocycles. The van der Waals surface area contributed by atoms with E-state index in [1.54, 1.807) is 0 Å². The van der Waals surface area contributed by atoms with Gasteiger partial charge in [0.25, 0.3) is 0 Å². The number of aliphatic hydroxyl groups is 2. The van der Waals surface area contributed by atoms with Crippen molar-refractivity contribution in [2.75, 3.05) is 6.54 Å². The topological polar surface area (TPSA) is 124 Å². The lowest BCUT2D eigenvalue weighted by Gasteiger charge is -2.19. The summed E-state index contributed by atoms with van der Waals surface area (Å²) in [5, 5.41) is 37.7. The summed E-state index contributed by atoms with van der Waals surface area (Å²) < 4.78 is 0. The lowest BCUT2D eigenvalue weighted by Crippen LogP contribution is -2.22. The molecule has 2 atom stereocenters. The number of phenolic OH excluding ortho intramolecular Hbond substituents is 1. The fourth-order valence-corrected chi connectivity index (χ4v) is 1.66. The van der Waals surface area contributed by atoms with E-state index >= 15 is 0 Å². The second-order valence-corrected chi connectivity index (χ2v) is 4.05. The third-order valence-electron chi connectivity index (χ3n) is 2.59. The van der Waals surface area contributed by atoms with Gasteiger partial charge in [0.1, 0.15) is 11.9 Å². The summed E-state index contributed by atoms with van der Waals surface area (Å²) in [6, 6.07) is 4.12. The first-order valence-electron chi connectivity index (χ1n) is 5.55. The molecule has 0 fully saturated rings. The van der Waals surface area contributed by atoms with Gasteiger partial charge < -0.3 is 26.2 Å². The van der Waals surface area contributed by atoms with Crippen LogP contribution in [0, 0.1) is 0 Å². The molecule has 100 valence electrons. The molecule has 6 nitrogen and oxygen atoms in total. The Kier molecular flexibility index (Phi) is 5.08. The summed E-state index contributed by atoms with van der Waals surface area (Å²) in [6.07, 6.45) is -2.42. The minimum atomic E-state index is -1.29. The van der Waals surface area contributed by atoms with Gasteiger partial charge in [-0.3, -0.25) is 4.79 Å². The average molecular weight is 255 g/mol. The molecule has 0 radical (unpaired) electrons. The van der Waals surface area contributed by atoms with E-state index in [0.29, 0.717) is 5.56 Å². The highest BCUT2D eigenvalue weighted by atomic mass is 16.4. The number of aliphatic hydroxyl groups excluding tert-OH is 2. The van der Waals surface area contributed by atoms with E-state index < -0.39 is 18.2 Å². The minimum Gasteiger partial charge on any atom is -0.508 e. The van der Waals surface area contributed by atoms with E-state index in [2.05, 4.69) is 0 Å². The van der Waals surface area contributed by atoms with Gasteiger partial charge >= 0.3 is 5.97 Å². The van der Waals surface area contributed by atoms with E-state index in [0.717, 1.165) is 0 Å². The summed E-state index contributed by atoms with van der Waals surface area (Å²) >= 11 is 0. The van der Waals surface area contributed by atoms with Crippen LogP contribution < -0.4 is 5.73 Å². The molecule has 0 amide bonds. The molecule has 0 aliphatic heterocycles. The molecule has 1 aromatic rings. The van der Waals surface area contributed by atoms with Crippen LogP contribution in [0.3, 0.4) is 0 Å². The first kappa shape index (κ1) is 14.4. The first-order valence-corrected chi connectivity index (χ1v) is 5.55. The summed E-state index contributed by atoms with van der Waals surface area (Å²) in [5.41, 5.74) is 5.81. The maximum absolute atomic E-state index is 10.6. The van der Waals surface area contributed by atoms with Crippen molar-refractivity contribution in [2.24, 2.45) is 5.73 Å². The highest BCUT2D eigenvalue weighted by molar-refractivity contribution is 5.70. The van der Waals surface area contributed by atoms with E-state index in [-0.39, 0.29) is 30.7 Å². The number of benzene rings is 1. The molecule has 0 aliphatic rings. The number of hydrogen-bond donors (Lipinski definition) is 5. The predicted molar refractivity (Wildman–Crippen MR) is 64.1 cm³/mol. The van der Waals surface area contributed by atoms with Crippen LogP contribution in [-0.2, 0) is 11.2 Å². The largest absolute Gasteiger partial charge is 0.508 e. The van der Waals surface area contributed by atoms with Gasteiger partial charge in [0.2, 0.25) is 0 Å². The van der Waals surface area contributed by atoms with E-state index in [4.69, 9.17) is 10.8 Å². The Morgan fingerprint density at radius 2 is 2.00 bits per heavy atom. The van der Waals surface area contributed by atoms with Gasteiger partial charge in [0, 0.05) is 5.56 Å². The molecule has 0 aliphatic carbocycles. The molecule has 0 spiro atoms. The Morgan fingerprint density at radius 1 is 1.33 bits per heavy atom. The van der Waals surface area contributed by atoms with Crippen LogP contribution in [-0.4, -0.2) is 39.0 Å². The Labute approximate surface area is 104 Å².